The molecule has 2 N–H and O–H groups in total. The number of hydrogen-bond donors (Lipinski definition) is 2. The molecule has 0 saturated heterocycles. The van der Waals surface area contributed by atoms with E-state index in [0.717, 1.165) is 54.2 Å². The lowest BCUT2D eigenvalue weighted by Crippen LogP contribution is -2.45. The van der Waals surface area contributed by atoms with Crippen LogP contribution in [0.5, 0.6) is 17.2 Å². The monoisotopic (exact) mass is 412 g/mol. The molecular weight excluding hydrogens is 384 g/mol. The van der Waals surface area contributed by atoms with Crippen LogP contribution in [0.1, 0.15) is 31.2 Å². The molecule has 0 bridgehead atoms. The molecule has 0 heterocycles. The predicted octanol–water partition coefficient (Wildman–Crippen LogP) is 5.02. The maximum Gasteiger partial charge on any atom is 0.171 e. The first-order chi connectivity index (χ1) is 14.1. The van der Waals surface area contributed by atoms with Gasteiger partial charge in [0.1, 0.15) is 12.4 Å². The van der Waals surface area contributed by atoms with Gasteiger partial charge in [0.15, 0.2) is 16.6 Å². The van der Waals surface area contributed by atoms with Gasteiger partial charge in [-0.05, 0) is 67.0 Å². The number of ether oxygens (including phenoxy) is 3. The van der Waals surface area contributed by atoms with E-state index in [-0.39, 0.29) is 5.54 Å². The van der Waals surface area contributed by atoms with Gasteiger partial charge in [0.05, 0.1) is 19.8 Å². The second-order valence-corrected chi connectivity index (χ2v) is 7.47. The van der Waals surface area contributed by atoms with Crippen LogP contribution in [0.3, 0.4) is 0 Å². The number of rotatable bonds is 8. The lowest BCUT2D eigenvalue weighted by atomic mass is 9.88. The van der Waals surface area contributed by atoms with Gasteiger partial charge in [0.25, 0.3) is 0 Å². The summed E-state index contributed by atoms with van der Waals surface area (Å²) in [6, 6.07) is 13.8. The highest BCUT2D eigenvalue weighted by molar-refractivity contribution is 7.80. The first-order valence-electron chi connectivity index (χ1n) is 9.75. The van der Waals surface area contributed by atoms with Gasteiger partial charge in [0.2, 0.25) is 0 Å². The van der Waals surface area contributed by atoms with Gasteiger partial charge in [-0.1, -0.05) is 31.6 Å². The standard InChI is InChI=1S/C23H28N2O3S/c1-4-15-28-19-10-8-18(9-11-19)24-22(29)25-23(13-5-6-14-23)17-7-12-20(26-2)21(16-17)27-3/h4,7-12,16H,1,5-6,13-15H2,2-3H3,(H2,24,25,29). The molecule has 2 aromatic carbocycles. The smallest absolute Gasteiger partial charge is 0.171 e. The van der Waals surface area contributed by atoms with Crippen molar-refractivity contribution in [1.82, 2.24) is 5.32 Å². The molecule has 0 unspecified atom stereocenters. The quantitative estimate of drug-likeness (QED) is 0.469. The fourth-order valence-corrected chi connectivity index (χ4v) is 4.08. The third-order valence-corrected chi connectivity index (χ3v) is 5.43. The summed E-state index contributed by atoms with van der Waals surface area (Å²) in [4.78, 5) is 0. The van der Waals surface area contributed by atoms with Crippen molar-refractivity contribution < 1.29 is 14.2 Å². The molecule has 1 aliphatic carbocycles. The summed E-state index contributed by atoms with van der Waals surface area (Å²) < 4.78 is 16.4. The largest absolute Gasteiger partial charge is 0.493 e. The summed E-state index contributed by atoms with van der Waals surface area (Å²) in [6.07, 6.45) is 6.05. The summed E-state index contributed by atoms with van der Waals surface area (Å²) in [7, 11) is 3.30. The summed E-state index contributed by atoms with van der Waals surface area (Å²) >= 11 is 5.63. The van der Waals surface area contributed by atoms with Gasteiger partial charge in [-0.2, -0.15) is 0 Å². The molecular formula is C23H28N2O3S. The van der Waals surface area contributed by atoms with Crippen molar-refractivity contribution in [1.29, 1.82) is 0 Å². The Kier molecular flexibility index (Phi) is 6.99. The Morgan fingerprint density at radius 2 is 1.76 bits per heavy atom. The van der Waals surface area contributed by atoms with Gasteiger partial charge >= 0.3 is 0 Å². The Labute approximate surface area is 178 Å². The average molecular weight is 413 g/mol. The molecule has 0 radical (unpaired) electrons. The third-order valence-electron chi connectivity index (χ3n) is 5.23. The molecule has 3 rings (SSSR count). The van der Waals surface area contributed by atoms with E-state index in [2.05, 4.69) is 23.3 Å². The topological polar surface area (TPSA) is 51.8 Å². The van der Waals surface area contributed by atoms with Crippen molar-refractivity contribution in [2.24, 2.45) is 0 Å². The minimum absolute atomic E-state index is 0.212. The Balaban J connectivity index is 1.73. The number of benzene rings is 2. The van der Waals surface area contributed by atoms with E-state index in [1.807, 2.05) is 36.4 Å². The zero-order valence-corrected chi connectivity index (χ0v) is 17.8. The highest BCUT2D eigenvalue weighted by atomic mass is 32.1. The second kappa shape index (κ2) is 9.65. The van der Waals surface area contributed by atoms with Crippen LogP contribution in [0, 0.1) is 0 Å². The zero-order chi connectivity index (χ0) is 20.7. The Morgan fingerprint density at radius 3 is 2.38 bits per heavy atom. The summed E-state index contributed by atoms with van der Waals surface area (Å²) in [5.74, 6) is 2.25. The molecule has 5 nitrogen and oxygen atoms in total. The Morgan fingerprint density at radius 1 is 1.07 bits per heavy atom. The molecule has 0 aromatic heterocycles. The van der Waals surface area contributed by atoms with Crippen molar-refractivity contribution in [3.05, 3.63) is 60.7 Å². The molecule has 0 amide bonds. The van der Waals surface area contributed by atoms with E-state index < -0.39 is 0 Å². The molecule has 6 heteroatoms. The fraction of sp³-hybridized carbons (Fsp3) is 0.348. The van der Waals surface area contributed by atoms with Crippen molar-refractivity contribution in [2.75, 3.05) is 26.1 Å². The van der Waals surface area contributed by atoms with Gasteiger partial charge in [-0.3, -0.25) is 0 Å². The molecule has 2 aromatic rings. The number of nitrogens with one attached hydrogen (secondary N) is 2. The van der Waals surface area contributed by atoms with Gasteiger partial charge in [0, 0.05) is 5.69 Å². The molecule has 29 heavy (non-hydrogen) atoms. The molecule has 0 aliphatic heterocycles. The third kappa shape index (κ3) is 5.01. The number of hydrogen-bond acceptors (Lipinski definition) is 4. The summed E-state index contributed by atoms with van der Waals surface area (Å²) in [5.41, 5.74) is 1.86. The van der Waals surface area contributed by atoms with Crippen LogP contribution < -0.4 is 24.8 Å². The number of anilines is 1. The maximum atomic E-state index is 5.63. The SMILES string of the molecule is C=CCOc1ccc(NC(=S)NC2(c3ccc(OC)c(OC)c3)CCCC2)cc1. The van der Waals surface area contributed by atoms with E-state index in [9.17, 15) is 0 Å². The van der Waals surface area contributed by atoms with Crippen LogP contribution in [-0.4, -0.2) is 25.9 Å². The van der Waals surface area contributed by atoms with E-state index in [1.165, 1.54) is 0 Å². The minimum atomic E-state index is -0.212. The molecule has 0 atom stereocenters. The highest BCUT2D eigenvalue weighted by Gasteiger charge is 2.36. The van der Waals surface area contributed by atoms with Crippen LogP contribution in [0.15, 0.2) is 55.1 Å². The minimum Gasteiger partial charge on any atom is -0.493 e. The van der Waals surface area contributed by atoms with Crippen LogP contribution in [0.2, 0.25) is 0 Å². The van der Waals surface area contributed by atoms with Crippen molar-refractivity contribution in [3.63, 3.8) is 0 Å². The van der Waals surface area contributed by atoms with E-state index in [1.54, 1.807) is 20.3 Å². The van der Waals surface area contributed by atoms with Crippen LogP contribution >= 0.6 is 12.2 Å². The Hall–Kier alpha value is -2.73. The number of methoxy groups -OCH3 is 2. The fourth-order valence-electron chi connectivity index (χ4n) is 3.77. The molecule has 154 valence electrons. The van der Waals surface area contributed by atoms with E-state index in [4.69, 9.17) is 26.4 Å². The van der Waals surface area contributed by atoms with Crippen molar-refractivity contribution >= 4 is 23.0 Å². The van der Waals surface area contributed by atoms with Crippen molar-refractivity contribution in [2.45, 2.75) is 31.2 Å². The Bertz CT molecular complexity index is 846. The van der Waals surface area contributed by atoms with Gasteiger partial charge in [-0.25, -0.2) is 0 Å². The van der Waals surface area contributed by atoms with Crippen LogP contribution in [-0.2, 0) is 5.54 Å². The highest BCUT2D eigenvalue weighted by Crippen LogP contribution is 2.41. The van der Waals surface area contributed by atoms with E-state index in [0.29, 0.717) is 11.7 Å². The van der Waals surface area contributed by atoms with Gasteiger partial charge < -0.3 is 24.8 Å². The predicted molar refractivity (Wildman–Crippen MR) is 121 cm³/mol. The lowest BCUT2D eigenvalue weighted by molar-refractivity contribution is 0.350. The summed E-state index contributed by atoms with van der Waals surface area (Å²) in [5, 5.41) is 7.46. The first-order valence-corrected chi connectivity index (χ1v) is 10.2. The molecule has 0 spiro atoms. The van der Waals surface area contributed by atoms with E-state index >= 15 is 0 Å². The van der Waals surface area contributed by atoms with Crippen molar-refractivity contribution in [3.8, 4) is 17.2 Å². The van der Waals surface area contributed by atoms with Crippen LogP contribution in [0.4, 0.5) is 5.69 Å². The maximum absolute atomic E-state index is 5.63. The summed E-state index contributed by atoms with van der Waals surface area (Å²) in [6.45, 7) is 4.14. The average Bonchev–Trinajstić information content (AvgIpc) is 3.22. The normalized spacial score (nSPS) is 14.7. The second-order valence-electron chi connectivity index (χ2n) is 7.06. The van der Waals surface area contributed by atoms with Gasteiger partial charge in [-0.15, -0.1) is 0 Å². The molecule has 1 fully saturated rings. The zero-order valence-electron chi connectivity index (χ0n) is 17.0. The first kappa shape index (κ1) is 21.0. The molecule has 1 aliphatic rings. The number of thiocarbonyl (C=S) groups is 1. The molecule has 1 saturated carbocycles. The van der Waals surface area contributed by atoms with Crippen LogP contribution in [0.25, 0.3) is 0 Å². The lowest BCUT2D eigenvalue weighted by Gasteiger charge is -2.33.